The number of amides is 1. The van der Waals surface area contributed by atoms with Crippen molar-refractivity contribution in [2.24, 2.45) is 4.99 Å². The number of anilines is 1. The molecule has 2 heterocycles. The van der Waals surface area contributed by atoms with Gasteiger partial charge in [0.1, 0.15) is 0 Å². The zero-order valence-corrected chi connectivity index (χ0v) is 19.8. The molecule has 0 unspecified atom stereocenters. The lowest BCUT2D eigenvalue weighted by atomic mass is 10.1. The van der Waals surface area contributed by atoms with E-state index >= 15 is 0 Å². The molecule has 0 aromatic heterocycles. The predicted molar refractivity (Wildman–Crippen MR) is 140 cm³/mol. The van der Waals surface area contributed by atoms with Gasteiger partial charge in [-0.25, -0.2) is 0 Å². The third-order valence-corrected chi connectivity index (χ3v) is 6.92. The van der Waals surface area contributed by atoms with Crippen molar-refractivity contribution in [2.45, 2.75) is 13.1 Å². The number of benzene rings is 3. The van der Waals surface area contributed by atoms with Crippen molar-refractivity contribution in [3.63, 3.8) is 0 Å². The Kier molecular flexibility index (Phi) is 7.08. The molecule has 5 nitrogen and oxygen atoms in total. The van der Waals surface area contributed by atoms with Gasteiger partial charge in [-0.05, 0) is 46.7 Å². The van der Waals surface area contributed by atoms with Crippen molar-refractivity contribution in [1.82, 2.24) is 4.90 Å². The number of ether oxygens (including phenoxy) is 1. The molecule has 1 amide bonds. The van der Waals surface area contributed by atoms with E-state index in [1.165, 1.54) is 17.4 Å². The molecule has 3 aromatic rings. The lowest BCUT2D eigenvalue weighted by Gasteiger charge is -2.28. The van der Waals surface area contributed by atoms with Crippen molar-refractivity contribution < 1.29 is 9.53 Å². The maximum Gasteiger partial charge on any atom is 0.267 e. The summed E-state index contributed by atoms with van der Waals surface area (Å²) in [6, 6.07) is 28.6. The van der Waals surface area contributed by atoms with Crippen LogP contribution in [0.2, 0.25) is 0 Å². The van der Waals surface area contributed by atoms with E-state index in [1.54, 1.807) is 4.90 Å². The molecule has 6 heteroatoms. The van der Waals surface area contributed by atoms with Crippen LogP contribution in [-0.2, 0) is 22.6 Å². The number of carbonyl (C=O) groups excluding carboxylic acids is 1. The van der Waals surface area contributed by atoms with Gasteiger partial charge in [-0.3, -0.25) is 14.7 Å². The number of hydrogen-bond donors (Lipinski definition) is 0. The monoisotopic (exact) mass is 469 g/mol. The fourth-order valence-electron chi connectivity index (χ4n) is 4.03. The molecular formula is C28H27N3O2S. The Balaban J connectivity index is 1.37. The van der Waals surface area contributed by atoms with Gasteiger partial charge in [-0.2, -0.15) is 0 Å². The summed E-state index contributed by atoms with van der Waals surface area (Å²) in [5.74, 6) is -0.00193. The molecule has 0 aliphatic carbocycles. The van der Waals surface area contributed by atoms with Gasteiger partial charge in [-0.15, -0.1) is 0 Å². The summed E-state index contributed by atoms with van der Waals surface area (Å²) in [6.45, 7) is 4.39. The van der Waals surface area contributed by atoms with Gasteiger partial charge in [0.05, 0.1) is 31.2 Å². The van der Waals surface area contributed by atoms with Gasteiger partial charge in [0.25, 0.3) is 5.91 Å². The molecule has 34 heavy (non-hydrogen) atoms. The van der Waals surface area contributed by atoms with Gasteiger partial charge in [0.15, 0.2) is 5.17 Å². The first-order chi connectivity index (χ1) is 16.8. The van der Waals surface area contributed by atoms with Crippen molar-refractivity contribution in [2.75, 3.05) is 31.2 Å². The lowest BCUT2D eigenvalue weighted by Crippen LogP contribution is -2.36. The van der Waals surface area contributed by atoms with Crippen molar-refractivity contribution >= 4 is 34.6 Å². The Labute approximate surface area is 204 Å². The summed E-state index contributed by atoms with van der Waals surface area (Å²) in [5.41, 5.74) is 4.40. The van der Waals surface area contributed by atoms with Gasteiger partial charge in [0, 0.05) is 18.8 Å². The number of carbonyl (C=O) groups is 1. The van der Waals surface area contributed by atoms with Gasteiger partial charge >= 0.3 is 0 Å². The summed E-state index contributed by atoms with van der Waals surface area (Å²) in [5, 5.41) is 0.744. The Morgan fingerprint density at radius 3 is 2.18 bits per heavy atom. The Morgan fingerprint density at radius 2 is 1.50 bits per heavy atom. The highest BCUT2D eigenvalue weighted by Gasteiger charge is 2.33. The minimum Gasteiger partial charge on any atom is -0.378 e. The highest BCUT2D eigenvalue weighted by Crippen LogP contribution is 2.34. The number of rotatable bonds is 6. The van der Waals surface area contributed by atoms with Crippen LogP contribution in [0.15, 0.2) is 94.8 Å². The molecular weight excluding hydrogens is 442 g/mol. The second-order valence-electron chi connectivity index (χ2n) is 8.26. The Morgan fingerprint density at radius 1 is 0.853 bits per heavy atom. The fourth-order valence-corrected chi connectivity index (χ4v) is 5.00. The number of hydrogen-bond acceptors (Lipinski definition) is 5. The van der Waals surface area contributed by atoms with E-state index in [2.05, 4.69) is 41.3 Å². The first kappa shape index (κ1) is 22.4. The third kappa shape index (κ3) is 5.41. The van der Waals surface area contributed by atoms with E-state index in [-0.39, 0.29) is 5.91 Å². The molecule has 0 bridgehead atoms. The van der Waals surface area contributed by atoms with Crippen LogP contribution in [0.1, 0.15) is 16.7 Å². The van der Waals surface area contributed by atoms with Crippen LogP contribution in [0.3, 0.4) is 0 Å². The van der Waals surface area contributed by atoms with Gasteiger partial charge in [-0.1, -0.05) is 72.8 Å². The number of nitrogens with zero attached hydrogens (tertiary/aromatic N) is 3. The highest BCUT2D eigenvalue weighted by atomic mass is 32.2. The van der Waals surface area contributed by atoms with Crippen LogP contribution >= 0.6 is 11.8 Å². The van der Waals surface area contributed by atoms with Crippen molar-refractivity contribution in [3.8, 4) is 0 Å². The molecule has 0 N–H and O–H groups in total. The molecule has 2 saturated heterocycles. The summed E-state index contributed by atoms with van der Waals surface area (Å²) >= 11 is 1.45. The average molecular weight is 470 g/mol. The average Bonchev–Trinajstić information content (AvgIpc) is 3.19. The summed E-state index contributed by atoms with van der Waals surface area (Å²) < 4.78 is 5.45. The predicted octanol–water partition coefficient (Wildman–Crippen LogP) is 5.20. The van der Waals surface area contributed by atoms with Crippen LogP contribution < -0.4 is 4.90 Å². The number of morpholine rings is 1. The molecule has 2 aliphatic heterocycles. The molecule has 0 radical (unpaired) electrons. The molecule has 3 aromatic carbocycles. The SMILES string of the molecule is O=C1/C(=C/c2ccc(N3CCOCC3)cc2)SC(=NCc2ccccc2)N1Cc1ccccc1. The highest BCUT2D eigenvalue weighted by molar-refractivity contribution is 8.18. The first-order valence-corrected chi connectivity index (χ1v) is 12.3. The minimum absolute atomic E-state index is 0.00193. The summed E-state index contributed by atoms with van der Waals surface area (Å²) in [7, 11) is 0. The fraction of sp³-hybridized carbons (Fsp3) is 0.214. The standard InChI is InChI=1S/C28H27N3O2S/c32-27-26(19-22-11-13-25(14-12-22)30-15-17-33-18-16-30)34-28(29-20-23-7-3-1-4-8-23)31(27)21-24-9-5-2-6-10-24/h1-14,19H,15-18,20-21H2/b26-19-,29-28?. The first-order valence-electron chi connectivity index (χ1n) is 11.5. The van der Waals surface area contributed by atoms with E-state index in [0.717, 1.165) is 48.2 Å². The number of thioether (sulfide) groups is 1. The van der Waals surface area contributed by atoms with Crippen molar-refractivity contribution in [3.05, 3.63) is 107 Å². The van der Waals surface area contributed by atoms with E-state index in [1.807, 2.05) is 54.6 Å². The smallest absolute Gasteiger partial charge is 0.267 e. The van der Waals surface area contributed by atoms with Gasteiger partial charge < -0.3 is 9.64 Å². The van der Waals surface area contributed by atoms with Crippen LogP contribution in [0, 0.1) is 0 Å². The molecule has 0 saturated carbocycles. The zero-order valence-electron chi connectivity index (χ0n) is 19.0. The lowest BCUT2D eigenvalue weighted by molar-refractivity contribution is -0.122. The van der Waals surface area contributed by atoms with E-state index in [0.29, 0.717) is 18.0 Å². The Hall–Kier alpha value is -3.35. The normalized spacial score (nSPS) is 18.8. The maximum atomic E-state index is 13.4. The molecule has 2 fully saturated rings. The van der Waals surface area contributed by atoms with Crippen LogP contribution in [0.4, 0.5) is 5.69 Å². The number of amidine groups is 1. The molecule has 0 atom stereocenters. The van der Waals surface area contributed by atoms with E-state index in [4.69, 9.17) is 9.73 Å². The molecule has 0 spiro atoms. The molecule has 172 valence electrons. The van der Waals surface area contributed by atoms with Crippen LogP contribution in [-0.4, -0.2) is 42.3 Å². The third-order valence-electron chi connectivity index (χ3n) is 5.88. The van der Waals surface area contributed by atoms with Crippen LogP contribution in [0.5, 0.6) is 0 Å². The molecule has 5 rings (SSSR count). The topological polar surface area (TPSA) is 45.1 Å². The number of aliphatic imine (C=N–C) groups is 1. The summed E-state index contributed by atoms with van der Waals surface area (Å²) in [4.78, 5) is 23.0. The van der Waals surface area contributed by atoms with E-state index in [9.17, 15) is 4.79 Å². The maximum absolute atomic E-state index is 13.4. The van der Waals surface area contributed by atoms with E-state index < -0.39 is 0 Å². The second-order valence-corrected chi connectivity index (χ2v) is 9.27. The minimum atomic E-state index is -0.00193. The largest absolute Gasteiger partial charge is 0.378 e. The second kappa shape index (κ2) is 10.7. The zero-order chi connectivity index (χ0) is 23.2. The van der Waals surface area contributed by atoms with Crippen LogP contribution in [0.25, 0.3) is 6.08 Å². The summed E-state index contributed by atoms with van der Waals surface area (Å²) in [6.07, 6.45) is 1.97. The van der Waals surface area contributed by atoms with Crippen molar-refractivity contribution in [1.29, 1.82) is 0 Å². The quantitative estimate of drug-likeness (QED) is 0.466. The molecule has 2 aliphatic rings. The van der Waals surface area contributed by atoms with Gasteiger partial charge in [0.2, 0.25) is 0 Å². The Bertz CT molecular complexity index is 1170.